The minimum atomic E-state index is -0.269. The lowest BCUT2D eigenvalue weighted by Crippen LogP contribution is -2.22. The van der Waals surface area contributed by atoms with Gasteiger partial charge in [-0.1, -0.05) is 0 Å². The number of nitrogens with zero attached hydrogens (tertiary/aromatic N) is 2. The van der Waals surface area contributed by atoms with Crippen LogP contribution in [0.4, 0.5) is 0 Å². The molecule has 0 saturated carbocycles. The van der Waals surface area contributed by atoms with Crippen LogP contribution < -0.4 is 14.8 Å². The number of nitrogens with one attached hydrogen (secondary N) is 1. The zero-order valence-electron chi connectivity index (χ0n) is 15.7. The molecule has 0 radical (unpaired) electrons. The standard InChI is InChI=1S/C20H23N3O4/c1-4-23-14(2)15(12-22-23)11-21-20(24)19-10-9-18(27-19)13-26-17-7-5-16(25-3)6-8-17/h5-10,12H,4,11,13H2,1-3H3,(H,21,24). The molecule has 0 spiro atoms. The van der Waals surface area contributed by atoms with Crippen LogP contribution in [0.2, 0.25) is 0 Å². The van der Waals surface area contributed by atoms with Crippen LogP contribution in [0.15, 0.2) is 47.0 Å². The summed E-state index contributed by atoms with van der Waals surface area (Å²) in [6.07, 6.45) is 1.77. The van der Waals surface area contributed by atoms with E-state index in [0.717, 1.165) is 23.6 Å². The molecule has 3 rings (SSSR count). The molecule has 1 N–H and O–H groups in total. The minimum absolute atomic E-state index is 0.238. The Labute approximate surface area is 157 Å². The molecule has 0 aliphatic carbocycles. The first-order chi connectivity index (χ1) is 13.1. The van der Waals surface area contributed by atoms with Crippen LogP contribution in [0, 0.1) is 6.92 Å². The van der Waals surface area contributed by atoms with Crippen LogP contribution in [0.3, 0.4) is 0 Å². The van der Waals surface area contributed by atoms with E-state index >= 15 is 0 Å². The molecule has 0 fully saturated rings. The molecule has 0 unspecified atom stereocenters. The van der Waals surface area contributed by atoms with Crippen LogP contribution in [0.5, 0.6) is 11.5 Å². The third-order valence-corrected chi connectivity index (χ3v) is 4.27. The van der Waals surface area contributed by atoms with Gasteiger partial charge in [-0.2, -0.15) is 5.10 Å². The monoisotopic (exact) mass is 369 g/mol. The molecule has 0 bridgehead atoms. The normalized spacial score (nSPS) is 10.6. The summed E-state index contributed by atoms with van der Waals surface area (Å²) in [4.78, 5) is 12.3. The second-order valence-corrected chi connectivity index (χ2v) is 5.98. The summed E-state index contributed by atoms with van der Waals surface area (Å²) in [5, 5.41) is 7.12. The molecular formula is C20H23N3O4. The third-order valence-electron chi connectivity index (χ3n) is 4.27. The molecular weight excluding hydrogens is 346 g/mol. The van der Waals surface area contributed by atoms with E-state index < -0.39 is 0 Å². The molecule has 0 saturated heterocycles. The van der Waals surface area contributed by atoms with Gasteiger partial charge in [0, 0.05) is 24.3 Å². The molecule has 7 heteroatoms. The van der Waals surface area contributed by atoms with Gasteiger partial charge < -0.3 is 19.2 Å². The van der Waals surface area contributed by atoms with Crippen molar-refractivity contribution in [1.82, 2.24) is 15.1 Å². The molecule has 142 valence electrons. The SMILES string of the molecule is CCn1ncc(CNC(=O)c2ccc(COc3ccc(OC)cc3)o2)c1C. The lowest BCUT2D eigenvalue weighted by atomic mass is 10.2. The number of aromatic nitrogens is 2. The number of rotatable bonds is 8. The lowest BCUT2D eigenvalue weighted by Gasteiger charge is -2.06. The Kier molecular flexibility index (Phi) is 5.80. The van der Waals surface area contributed by atoms with Crippen molar-refractivity contribution in [1.29, 1.82) is 0 Å². The Bertz CT molecular complexity index is 896. The summed E-state index contributed by atoms with van der Waals surface area (Å²) >= 11 is 0. The largest absolute Gasteiger partial charge is 0.497 e. The fraction of sp³-hybridized carbons (Fsp3) is 0.300. The van der Waals surface area contributed by atoms with Gasteiger partial charge >= 0.3 is 0 Å². The number of hydrogen-bond acceptors (Lipinski definition) is 5. The summed E-state index contributed by atoms with van der Waals surface area (Å²) in [5.41, 5.74) is 2.03. The zero-order chi connectivity index (χ0) is 19.2. The van der Waals surface area contributed by atoms with E-state index in [-0.39, 0.29) is 18.3 Å². The second kappa shape index (κ2) is 8.44. The molecule has 2 aromatic heterocycles. The van der Waals surface area contributed by atoms with Gasteiger partial charge in [0.15, 0.2) is 5.76 Å². The summed E-state index contributed by atoms with van der Waals surface area (Å²) in [5.74, 6) is 2.02. The lowest BCUT2D eigenvalue weighted by molar-refractivity contribution is 0.0919. The van der Waals surface area contributed by atoms with Crippen LogP contribution in [0.25, 0.3) is 0 Å². The highest BCUT2D eigenvalue weighted by Crippen LogP contribution is 2.19. The molecule has 1 aromatic carbocycles. The number of methoxy groups -OCH3 is 1. The molecule has 27 heavy (non-hydrogen) atoms. The first-order valence-electron chi connectivity index (χ1n) is 8.75. The zero-order valence-corrected chi connectivity index (χ0v) is 15.7. The molecule has 0 atom stereocenters. The Morgan fingerprint density at radius 3 is 2.59 bits per heavy atom. The predicted molar refractivity (Wildman–Crippen MR) is 99.8 cm³/mol. The Hall–Kier alpha value is -3.22. The Morgan fingerprint density at radius 1 is 1.19 bits per heavy atom. The van der Waals surface area contributed by atoms with Gasteiger partial charge in [-0.3, -0.25) is 9.48 Å². The summed E-state index contributed by atoms with van der Waals surface area (Å²) < 4.78 is 18.2. The second-order valence-electron chi connectivity index (χ2n) is 5.98. The molecule has 1 amide bonds. The number of carbonyl (C=O) groups is 1. The van der Waals surface area contributed by atoms with Crippen molar-refractivity contribution in [2.75, 3.05) is 7.11 Å². The first-order valence-corrected chi connectivity index (χ1v) is 8.75. The van der Waals surface area contributed by atoms with Gasteiger partial charge in [-0.05, 0) is 50.2 Å². The van der Waals surface area contributed by atoms with E-state index in [4.69, 9.17) is 13.9 Å². The maximum Gasteiger partial charge on any atom is 0.287 e. The van der Waals surface area contributed by atoms with Crippen molar-refractivity contribution in [2.24, 2.45) is 0 Å². The Morgan fingerprint density at radius 2 is 1.93 bits per heavy atom. The van der Waals surface area contributed by atoms with Crippen molar-refractivity contribution in [2.45, 2.75) is 33.5 Å². The number of carbonyl (C=O) groups excluding carboxylic acids is 1. The van der Waals surface area contributed by atoms with Crippen LogP contribution in [-0.2, 0) is 19.7 Å². The fourth-order valence-electron chi connectivity index (χ4n) is 2.64. The van der Waals surface area contributed by atoms with Gasteiger partial charge in [0.05, 0.1) is 13.3 Å². The number of aryl methyl sites for hydroxylation is 1. The maximum atomic E-state index is 12.3. The van der Waals surface area contributed by atoms with Crippen LogP contribution >= 0.6 is 0 Å². The van der Waals surface area contributed by atoms with E-state index in [9.17, 15) is 4.79 Å². The Balaban J connectivity index is 1.52. The highest BCUT2D eigenvalue weighted by Gasteiger charge is 2.13. The van der Waals surface area contributed by atoms with Crippen molar-refractivity contribution in [3.8, 4) is 11.5 Å². The van der Waals surface area contributed by atoms with E-state index in [0.29, 0.717) is 18.1 Å². The number of ether oxygens (including phenoxy) is 2. The van der Waals surface area contributed by atoms with Crippen molar-refractivity contribution in [3.05, 3.63) is 65.4 Å². The fourth-order valence-corrected chi connectivity index (χ4v) is 2.64. The number of hydrogen-bond donors (Lipinski definition) is 1. The van der Waals surface area contributed by atoms with Gasteiger partial charge in [-0.15, -0.1) is 0 Å². The molecule has 3 aromatic rings. The minimum Gasteiger partial charge on any atom is -0.497 e. The maximum absolute atomic E-state index is 12.3. The molecule has 7 nitrogen and oxygen atoms in total. The van der Waals surface area contributed by atoms with E-state index in [1.807, 2.05) is 42.8 Å². The van der Waals surface area contributed by atoms with Gasteiger partial charge in [0.2, 0.25) is 0 Å². The van der Waals surface area contributed by atoms with E-state index in [1.165, 1.54) is 0 Å². The quantitative estimate of drug-likeness (QED) is 0.659. The highest BCUT2D eigenvalue weighted by atomic mass is 16.5. The highest BCUT2D eigenvalue weighted by molar-refractivity contribution is 5.91. The number of benzene rings is 1. The van der Waals surface area contributed by atoms with Crippen molar-refractivity contribution < 1.29 is 18.7 Å². The summed E-state index contributed by atoms with van der Waals surface area (Å²) in [7, 11) is 1.61. The van der Waals surface area contributed by atoms with Crippen LogP contribution in [-0.4, -0.2) is 22.8 Å². The van der Waals surface area contributed by atoms with Gasteiger partial charge in [-0.25, -0.2) is 0 Å². The topological polar surface area (TPSA) is 78.5 Å². The van der Waals surface area contributed by atoms with Gasteiger partial charge in [0.25, 0.3) is 5.91 Å². The third kappa shape index (κ3) is 4.49. The van der Waals surface area contributed by atoms with Crippen molar-refractivity contribution in [3.63, 3.8) is 0 Å². The van der Waals surface area contributed by atoms with E-state index in [1.54, 1.807) is 25.4 Å². The molecule has 2 heterocycles. The number of furan rings is 1. The van der Waals surface area contributed by atoms with Gasteiger partial charge in [0.1, 0.15) is 23.9 Å². The van der Waals surface area contributed by atoms with Crippen LogP contribution in [0.1, 0.15) is 34.5 Å². The average Bonchev–Trinajstić information content (AvgIpc) is 3.31. The van der Waals surface area contributed by atoms with E-state index in [2.05, 4.69) is 10.4 Å². The summed E-state index contributed by atoms with van der Waals surface area (Å²) in [6.45, 7) is 5.46. The van der Waals surface area contributed by atoms with Crippen molar-refractivity contribution >= 4 is 5.91 Å². The number of amides is 1. The smallest absolute Gasteiger partial charge is 0.287 e. The summed E-state index contributed by atoms with van der Waals surface area (Å²) in [6, 6.07) is 10.6. The predicted octanol–water partition coefficient (Wildman–Crippen LogP) is 3.32. The molecule has 0 aliphatic rings. The average molecular weight is 369 g/mol. The first kappa shape index (κ1) is 18.6. The molecule has 0 aliphatic heterocycles.